The maximum Gasteiger partial charge on any atom is 0.118 e. The molecule has 0 fully saturated rings. The lowest BCUT2D eigenvalue weighted by molar-refractivity contribution is 0.414. The maximum atomic E-state index is 5.68. The van der Waals surface area contributed by atoms with E-state index < -0.39 is 0 Å². The molecule has 4 heteroatoms. The highest BCUT2D eigenvalue weighted by Gasteiger charge is 1.93. The van der Waals surface area contributed by atoms with Gasteiger partial charge in [-0.1, -0.05) is 76.3 Å². The molecule has 0 spiro atoms. The second-order valence-corrected chi connectivity index (χ2v) is 6.98. The predicted molar refractivity (Wildman–Crippen MR) is 115 cm³/mol. The van der Waals surface area contributed by atoms with E-state index in [-0.39, 0.29) is 0 Å². The molecule has 138 valence electrons. The van der Waals surface area contributed by atoms with E-state index in [4.69, 9.17) is 39.5 Å². The first-order valence-electron chi connectivity index (χ1n) is 8.06. The molecule has 0 amide bonds. The van der Waals surface area contributed by atoms with Gasteiger partial charge in [-0.3, -0.25) is 0 Å². The van der Waals surface area contributed by atoms with Gasteiger partial charge in [0.25, 0.3) is 0 Å². The first-order chi connectivity index (χ1) is 12.3. The average molecular weight is 410 g/mol. The lowest BCUT2D eigenvalue weighted by atomic mass is 10.2. The van der Waals surface area contributed by atoms with Crippen LogP contribution in [0.5, 0.6) is 5.75 Å². The summed E-state index contributed by atoms with van der Waals surface area (Å²) in [5, 5.41) is 2.04. The fourth-order valence-corrected chi connectivity index (χ4v) is 2.29. The van der Waals surface area contributed by atoms with Gasteiger partial charge in [-0.25, -0.2) is 0 Å². The molecule has 0 radical (unpaired) electrons. The van der Waals surface area contributed by atoms with Crippen LogP contribution in [0.2, 0.25) is 15.1 Å². The van der Waals surface area contributed by atoms with Gasteiger partial charge in [0.15, 0.2) is 0 Å². The van der Waals surface area contributed by atoms with Crippen molar-refractivity contribution in [3.05, 3.63) is 98.5 Å². The Kier molecular flexibility index (Phi) is 10.2. The van der Waals surface area contributed by atoms with Gasteiger partial charge in [-0.05, 0) is 62.7 Å². The van der Waals surface area contributed by atoms with Crippen LogP contribution in [0.15, 0.2) is 66.7 Å². The maximum absolute atomic E-state index is 5.68. The van der Waals surface area contributed by atoms with Crippen LogP contribution in [-0.2, 0) is 0 Å². The van der Waals surface area contributed by atoms with Crippen LogP contribution in [0, 0.1) is 20.8 Å². The fraction of sp³-hybridized carbons (Fsp3) is 0.182. The Hall–Kier alpha value is -1.67. The van der Waals surface area contributed by atoms with Gasteiger partial charge in [0.1, 0.15) is 5.75 Å². The summed E-state index contributed by atoms with van der Waals surface area (Å²) in [6.07, 6.45) is 0. The van der Waals surface area contributed by atoms with Gasteiger partial charge in [-0.15, -0.1) is 0 Å². The van der Waals surface area contributed by atoms with Crippen LogP contribution < -0.4 is 4.74 Å². The van der Waals surface area contributed by atoms with E-state index in [1.54, 1.807) is 13.2 Å². The van der Waals surface area contributed by atoms with Gasteiger partial charge < -0.3 is 4.74 Å². The van der Waals surface area contributed by atoms with Gasteiger partial charge in [0, 0.05) is 5.02 Å². The molecule has 0 aliphatic heterocycles. The van der Waals surface area contributed by atoms with Crippen LogP contribution in [0.4, 0.5) is 0 Å². The van der Waals surface area contributed by atoms with E-state index in [1.165, 1.54) is 11.1 Å². The third-order valence-corrected chi connectivity index (χ3v) is 4.33. The largest absolute Gasteiger partial charge is 0.497 e. The minimum Gasteiger partial charge on any atom is -0.497 e. The molecule has 0 saturated carbocycles. The molecule has 0 heterocycles. The zero-order valence-electron chi connectivity index (χ0n) is 15.4. The Bertz CT molecular complexity index is 760. The number of methoxy groups -OCH3 is 1. The van der Waals surface area contributed by atoms with Crippen molar-refractivity contribution in [3.63, 3.8) is 0 Å². The Morgan fingerprint density at radius 2 is 1.04 bits per heavy atom. The quantitative estimate of drug-likeness (QED) is 0.396. The van der Waals surface area contributed by atoms with Gasteiger partial charge in [-0.2, -0.15) is 0 Å². The first kappa shape index (κ1) is 22.4. The molecule has 0 aliphatic rings. The van der Waals surface area contributed by atoms with E-state index in [1.807, 2.05) is 74.5 Å². The van der Waals surface area contributed by atoms with E-state index in [0.717, 1.165) is 16.3 Å². The Labute approximate surface area is 171 Å². The molecule has 0 saturated heterocycles. The SMILES string of the molecule is COc1ccc(C)cc1.Cc1ccc(Cl)c(Cl)c1.Cc1ccc(Cl)cc1. The Morgan fingerprint density at radius 3 is 1.42 bits per heavy atom. The third kappa shape index (κ3) is 9.15. The second kappa shape index (κ2) is 11.9. The van der Waals surface area contributed by atoms with Gasteiger partial charge >= 0.3 is 0 Å². The van der Waals surface area contributed by atoms with Crippen molar-refractivity contribution >= 4 is 34.8 Å². The molecule has 0 unspecified atom stereocenters. The number of hydrogen-bond donors (Lipinski definition) is 0. The first-order valence-corrected chi connectivity index (χ1v) is 9.19. The molecule has 0 aromatic heterocycles. The molecular formula is C22H23Cl3O. The molecule has 0 N–H and O–H groups in total. The predicted octanol–water partition coefficient (Wildman–Crippen LogP) is 7.95. The highest BCUT2D eigenvalue weighted by Crippen LogP contribution is 2.21. The minimum absolute atomic E-state index is 0.613. The van der Waals surface area contributed by atoms with E-state index in [0.29, 0.717) is 10.0 Å². The van der Waals surface area contributed by atoms with Crippen molar-refractivity contribution in [3.8, 4) is 5.75 Å². The van der Waals surface area contributed by atoms with Crippen LogP contribution in [0.3, 0.4) is 0 Å². The lowest BCUT2D eigenvalue weighted by Crippen LogP contribution is -1.80. The van der Waals surface area contributed by atoms with Crippen molar-refractivity contribution < 1.29 is 4.74 Å². The van der Waals surface area contributed by atoms with E-state index in [2.05, 4.69) is 6.92 Å². The monoisotopic (exact) mass is 408 g/mol. The summed E-state index contributed by atoms with van der Waals surface area (Å²) >= 11 is 16.9. The summed E-state index contributed by atoms with van der Waals surface area (Å²) < 4.78 is 4.97. The van der Waals surface area contributed by atoms with Gasteiger partial charge in [0.05, 0.1) is 17.2 Å². The van der Waals surface area contributed by atoms with Crippen LogP contribution >= 0.6 is 34.8 Å². The molecule has 26 heavy (non-hydrogen) atoms. The summed E-state index contributed by atoms with van der Waals surface area (Å²) in [6.45, 7) is 6.07. The van der Waals surface area contributed by atoms with Crippen molar-refractivity contribution in [2.45, 2.75) is 20.8 Å². The van der Waals surface area contributed by atoms with Crippen LogP contribution in [-0.4, -0.2) is 7.11 Å². The Morgan fingerprint density at radius 1 is 0.577 bits per heavy atom. The second-order valence-electron chi connectivity index (χ2n) is 5.73. The highest BCUT2D eigenvalue weighted by atomic mass is 35.5. The van der Waals surface area contributed by atoms with Gasteiger partial charge in [0.2, 0.25) is 0 Å². The van der Waals surface area contributed by atoms with Crippen LogP contribution in [0.1, 0.15) is 16.7 Å². The minimum atomic E-state index is 0.613. The summed E-state index contributed by atoms with van der Waals surface area (Å²) in [4.78, 5) is 0. The number of benzene rings is 3. The normalized spacial score (nSPS) is 9.35. The van der Waals surface area contributed by atoms with Crippen molar-refractivity contribution in [2.75, 3.05) is 7.11 Å². The molecule has 3 rings (SSSR count). The number of aryl methyl sites for hydroxylation is 3. The lowest BCUT2D eigenvalue weighted by Gasteiger charge is -1.97. The smallest absolute Gasteiger partial charge is 0.118 e. The van der Waals surface area contributed by atoms with E-state index >= 15 is 0 Å². The third-order valence-electron chi connectivity index (χ3n) is 3.34. The van der Waals surface area contributed by atoms with Crippen LogP contribution in [0.25, 0.3) is 0 Å². The topological polar surface area (TPSA) is 9.23 Å². The molecule has 1 nitrogen and oxygen atoms in total. The molecule has 0 aliphatic carbocycles. The molecule has 3 aromatic rings. The van der Waals surface area contributed by atoms with E-state index in [9.17, 15) is 0 Å². The summed E-state index contributed by atoms with van der Waals surface area (Å²) in [5.74, 6) is 0.917. The summed E-state index contributed by atoms with van der Waals surface area (Å²) in [5.41, 5.74) is 3.63. The standard InChI is InChI=1S/C8H10O.C7H6Cl2.C7H7Cl/c1-7-3-5-8(9-2)6-4-7;1-5-2-3-6(8)7(9)4-5;1-6-2-4-7(8)5-3-6/h3-6H,1-2H3;2-4H,1H3;2-5H,1H3. The Balaban J connectivity index is 0.000000195. The zero-order valence-corrected chi connectivity index (χ0v) is 17.7. The molecule has 3 aromatic carbocycles. The summed E-state index contributed by atoms with van der Waals surface area (Å²) in [7, 11) is 1.67. The zero-order chi connectivity index (χ0) is 19.5. The van der Waals surface area contributed by atoms with Crippen molar-refractivity contribution in [2.24, 2.45) is 0 Å². The number of rotatable bonds is 1. The average Bonchev–Trinajstić information content (AvgIpc) is 2.63. The molecular weight excluding hydrogens is 387 g/mol. The number of halogens is 3. The highest BCUT2D eigenvalue weighted by molar-refractivity contribution is 6.42. The molecule has 0 bridgehead atoms. The van der Waals surface area contributed by atoms with Crippen molar-refractivity contribution in [1.82, 2.24) is 0 Å². The summed E-state index contributed by atoms with van der Waals surface area (Å²) in [6, 6.07) is 21.3. The fourth-order valence-electron chi connectivity index (χ4n) is 1.81. The number of ether oxygens (including phenoxy) is 1. The van der Waals surface area contributed by atoms with Crippen molar-refractivity contribution in [1.29, 1.82) is 0 Å². The number of hydrogen-bond acceptors (Lipinski definition) is 1. The molecule has 0 atom stereocenters.